The van der Waals surface area contributed by atoms with Crippen LogP contribution in [0.5, 0.6) is 5.75 Å². The Morgan fingerprint density at radius 3 is 2.56 bits per heavy atom. The number of pyridine rings is 1. The lowest BCUT2D eigenvalue weighted by molar-refractivity contribution is 0.0929. The summed E-state index contributed by atoms with van der Waals surface area (Å²) in [5.74, 6) is 0.675. The molecule has 0 fully saturated rings. The maximum absolute atomic E-state index is 11.7. The molecule has 0 aliphatic carbocycles. The van der Waals surface area contributed by atoms with E-state index in [9.17, 15) is 4.79 Å². The highest BCUT2D eigenvalue weighted by atomic mass is 16.7. The van der Waals surface area contributed by atoms with Gasteiger partial charge in [-0.1, -0.05) is 12.1 Å². The van der Waals surface area contributed by atoms with Gasteiger partial charge in [0.05, 0.1) is 0 Å². The number of para-hydroxylation sites is 1. The normalized spacial score (nSPS) is 11.0. The van der Waals surface area contributed by atoms with Crippen molar-refractivity contribution in [3.8, 4) is 5.75 Å². The Hall–Kier alpha value is -3.20. The van der Waals surface area contributed by atoms with Crippen molar-refractivity contribution in [2.45, 2.75) is 0 Å². The second-order valence-electron chi connectivity index (χ2n) is 5.31. The molecule has 0 aliphatic heterocycles. The summed E-state index contributed by atoms with van der Waals surface area (Å²) in [4.78, 5) is 17.5. The molecule has 0 amide bonds. The van der Waals surface area contributed by atoms with Gasteiger partial charge in [-0.25, -0.2) is 9.78 Å². The number of azo groups is 1. The topological polar surface area (TPSA) is 128 Å². The zero-order valence-corrected chi connectivity index (χ0v) is 14.0. The van der Waals surface area contributed by atoms with E-state index in [-0.39, 0.29) is 18.2 Å². The minimum atomic E-state index is -0.807. The van der Waals surface area contributed by atoms with E-state index in [0.29, 0.717) is 23.7 Å². The van der Waals surface area contributed by atoms with E-state index in [0.717, 1.165) is 0 Å². The summed E-state index contributed by atoms with van der Waals surface area (Å²) in [6.07, 6.45) is -0.807. The quantitative estimate of drug-likeness (QED) is 0.468. The summed E-state index contributed by atoms with van der Waals surface area (Å²) >= 11 is 0. The Morgan fingerprint density at radius 2 is 1.84 bits per heavy atom. The first kappa shape index (κ1) is 18.1. The highest BCUT2D eigenvalue weighted by molar-refractivity contribution is 5.67. The second kappa shape index (κ2) is 8.60. The van der Waals surface area contributed by atoms with E-state index in [1.807, 2.05) is 19.0 Å². The molecule has 1 heterocycles. The summed E-state index contributed by atoms with van der Waals surface area (Å²) < 4.78 is 10.2. The van der Waals surface area contributed by atoms with Gasteiger partial charge in [-0.2, -0.15) is 0 Å². The number of nitrogens with two attached hydrogens (primary N) is 2. The Labute approximate surface area is 145 Å². The number of nitrogen functional groups attached to an aromatic ring is 2. The fourth-order valence-corrected chi connectivity index (χ4v) is 1.73. The number of ether oxygens (including phenoxy) is 2. The van der Waals surface area contributed by atoms with Crippen molar-refractivity contribution in [1.82, 2.24) is 9.88 Å². The van der Waals surface area contributed by atoms with Gasteiger partial charge in [-0.15, -0.1) is 10.2 Å². The van der Waals surface area contributed by atoms with Crippen LogP contribution in [0.3, 0.4) is 0 Å². The first-order valence-electron chi connectivity index (χ1n) is 7.48. The number of hydrogen-bond donors (Lipinski definition) is 2. The van der Waals surface area contributed by atoms with Gasteiger partial charge in [-0.05, 0) is 38.4 Å². The Kier molecular flexibility index (Phi) is 6.24. The average Bonchev–Trinajstić information content (AvgIpc) is 2.55. The van der Waals surface area contributed by atoms with Crippen LogP contribution in [-0.2, 0) is 4.74 Å². The molecule has 0 aliphatic rings. The highest BCUT2D eigenvalue weighted by Gasteiger charge is 2.10. The van der Waals surface area contributed by atoms with Gasteiger partial charge in [-0.3, -0.25) is 0 Å². The van der Waals surface area contributed by atoms with Crippen LogP contribution in [0.4, 0.5) is 27.8 Å². The van der Waals surface area contributed by atoms with Crippen molar-refractivity contribution in [2.75, 3.05) is 38.7 Å². The maximum Gasteiger partial charge on any atom is 0.513 e. The molecule has 25 heavy (non-hydrogen) atoms. The van der Waals surface area contributed by atoms with E-state index < -0.39 is 6.16 Å². The van der Waals surface area contributed by atoms with Crippen molar-refractivity contribution in [3.63, 3.8) is 0 Å². The van der Waals surface area contributed by atoms with Crippen LogP contribution in [0.1, 0.15) is 0 Å². The third-order valence-corrected chi connectivity index (χ3v) is 3.01. The molecule has 1 aromatic carbocycles. The fraction of sp³-hybridized carbons (Fsp3) is 0.250. The van der Waals surface area contributed by atoms with Gasteiger partial charge >= 0.3 is 6.16 Å². The summed E-state index contributed by atoms with van der Waals surface area (Å²) in [5.41, 5.74) is 12.0. The van der Waals surface area contributed by atoms with Gasteiger partial charge in [0.15, 0.2) is 11.6 Å². The van der Waals surface area contributed by atoms with Crippen molar-refractivity contribution >= 4 is 29.2 Å². The molecule has 0 atom stereocenters. The number of likely N-dealkylation sites (N-methyl/N-ethyl adjacent to an activating group) is 1. The molecule has 9 nitrogen and oxygen atoms in total. The highest BCUT2D eigenvalue weighted by Crippen LogP contribution is 2.30. The smallest absolute Gasteiger partial charge is 0.433 e. The van der Waals surface area contributed by atoms with E-state index in [1.54, 1.807) is 36.4 Å². The number of rotatable bonds is 6. The Balaban J connectivity index is 2.07. The zero-order valence-electron chi connectivity index (χ0n) is 14.0. The second-order valence-corrected chi connectivity index (χ2v) is 5.31. The summed E-state index contributed by atoms with van der Waals surface area (Å²) in [5, 5.41) is 8.07. The van der Waals surface area contributed by atoms with E-state index in [1.165, 1.54) is 0 Å². The van der Waals surface area contributed by atoms with Crippen molar-refractivity contribution in [1.29, 1.82) is 0 Å². The Morgan fingerprint density at radius 1 is 1.12 bits per heavy atom. The monoisotopic (exact) mass is 344 g/mol. The molecule has 0 saturated carbocycles. The Bertz CT molecular complexity index is 763. The first-order valence-corrected chi connectivity index (χ1v) is 7.48. The van der Waals surface area contributed by atoms with Crippen molar-refractivity contribution < 1.29 is 14.3 Å². The van der Waals surface area contributed by atoms with Crippen LogP contribution < -0.4 is 16.2 Å². The number of benzene rings is 1. The fourth-order valence-electron chi connectivity index (χ4n) is 1.73. The predicted octanol–water partition coefficient (Wildman–Crippen LogP) is 2.74. The van der Waals surface area contributed by atoms with Gasteiger partial charge in [0.25, 0.3) is 0 Å². The lowest BCUT2D eigenvalue weighted by Gasteiger charge is -2.10. The van der Waals surface area contributed by atoms with Crippen LogP contribution >= 0.6 is 0 Å². The molecule has 132 valence electrons. The lowest BCUT2D eigenvalue weighted by Crippen LogP contribution is -2.21. The molecule has 4 N–H and O–H groups in total. The van der Waals surface area contributed by atoms with Crippen LogP contribution in [0, 0.1) is 0 Å². The number of carbonyl (C=O) groups is 1. The van der Waals surface area contributed by atoms with Gasteiger partial charge in [0.1, 0.15) is 23.8 Å². The molecule has 2 rings (SSSR count). The molecule has 0 bridgehead atoms. The minimum absolute atomic E-state index is 0.158. The van der Waals surface area contributed by atoms with E-state index in [2.05, 4.69) is 15.2 Å². The summed E-state index contributed by atoms with van der Waals surface area (Å²) in [7, 11) is 3.75. The molecule has 9 heteroatoms. The predicted molar refractivity (Wildman–Crippen MR) is 94.2 cm³/mol. The van der Waals surface area contributed by atoms with E-state index in [4.69, 9.17) is 20.9 Å². The number of anilines is 2. The maximum atomic E-state index is 11.7. The van der Waals surface area contributed by atoms with Crippen molar-refractivity contribution in [3.05, 3.63) is 36.4 Å². The van der Waals surface area contributed by atoms with Gasteiger partial charge in [0, 0.05) is 6.54 Å². The molecule has 0 radical (unpaired) electrons. The summed E-state index contributed by atoms with van der Waals surface area (Å²) in [6.45, 7) is 0.822. The van der Waals surface area contributed by atoms with Gasteiger partial charge in [0.2, 0.25) is 0 Å². The molecule has 0 spiro atoms. The largest absolute Gasteiger partial charge is 0.513 e. The molecular weight excluding hydrogens is 324 g/mol. The zero-order chi connectivity index (χ0) is 18.2. The van der Waals surface area contributed by atoms with Crippen LogP contribution in [-0.4, -0.2) is 43.3 Å². The average molecular weight is 344 g/mol. The molecule has 1 aromatic heterocycles. The van der Waals surface area contributed by atoms with E-state index >= 15 is 0 Å². The molecular formula is C16H20N6O3. The van der Waals surface area contributed by atoms with Crippen LogP contribution in [0.2, 0.25) is 0 Å². The SMILES string of the molecule is CN(C)CCOC(=O)Oc1ccccc1/N=N/c1ccc(N)nc1N. The number of hydrogen-bond acceptors (Lipinski definition) is 9. The van der Waals surface area contributed by atoms with Crippen molar-refractivity contribution in [2.24, 2.45) is 10.2 Å². The number of nitrogens with zero attached hydrogens (tertiary/aromatic N) is 4. The van der Waals surface area contributed by atoms with Crippen LogP contribution in [0.15, 0.2) is 46.6 Å². The third-order valence-electron chi connectivity index (χ3n) is 3.01. The number of aromatic nitrogens is 1. The molecule has 0 saturated heterocycles. The summed E-state index contributed by atoms with van der Waals surface area (Å²) in [6, 6.07) is 9.85. The van der Waals surface area contributed by atoms with Gasteiger partial charge < -0.3 is 25.8 Å². The molecule has 0 unspecified atom stereocenters. The third kappa shape index (κ3) is 5.74. The minimum Gasteiger partial charge on any atom is -0.433 e. The first-order chi connectivity index (χ1) is 12.0. The lowest BCUT2D eigenvalue weighted by atomic mass is 10.3. The molecule has 2 aromatic rings. The number of carbonyl (C=O) groups excluding carboxylic acids is 1. The standard InChI is InChI=1S/C16H20N6O3/c1-22(2)9-10-24-16(23)25-13-6-4-3-5-11(13)20-21-12-7-8-14(17)19-15(12)18/h3-8H,9-10H2,1-2H3,(H4,17,18,19)/b21-20+. The van der Waals surface area contributed by atoms with Crippen LogP contribution in [0.25, 0.3) is 0 Å².